The molecule has 0 aromatic heterocycles. The van der Waals surface area contributed by atoms with Crippen LogP contribution in [-0.4, -0.2) is 0 Å². The predicted molar refractivity (Wildman–Crippen MR) is 39.3 cm³/mol. The lowest BCUT2D eigenvalue weighted by Gasteiger charge is -1.84. The average molecular weight is 124 g/mol. The van der Waals surface area contributed by atoms with E-state index in [1.807, 2.05) is 24.3 Å². The van der Waals surface area contributed by atoms with Gasteiger partial charge in [-0.15, -0.1) is 0 Å². The average Bonchev–Trinajstić information content (AvgIpc) is 2.05. The van der Waals surface area contributed by atoms with E-state index in [4.69, 9.17) is 0 Å². The minimum Gasteiger partial charge on any atom is -0.0609 e. The van der Waals surface area contributed by atoms with Crippen LogP contribution in [-0.2, 0) is 0 Å². The standard InChI is InChI=1S/C10H4/c1-2-6-10-8-4-3-7-9(10)5-1/h1-2,5-6H. The summed E-state index contributed by atoms with van der Waals surface area (Å²) in [6.07, 6.45) is 0. The first-order chi connectivity index (χ1) is 4.97. The first kappa shape index (κ1) is 5.15. The number of benzene rings is 1. The van der Waals surface area contributed by atoms with Gasteiger partial charge in [-0.2, -0.15) is 0 Å². The molecule has 0 bridgehead atoms. The molecule has 0 saturated carbocycles. The molecule has 0 heterocycles. The highest BCUT2D eigenvalue weighted by molar-refractivity contribution is 5.78. The van der Waals surface area contributed by atoms with Crippen LogP contribution in [0.4, 0.5) is 0 Å². The fourth-order valence-electron chi connectivity index (χ4n) is 0.898. The summed E-state index contributed by atoms with van der Waals surface area (Å²) in [4.78, 5) is 0. The third-order valence-corrected chi connectivity index (χ3v) is 1.38. The molecule has 2 rings (SSSR count). The Morgan fingerprint density at radius 1 is 0.800 bits per heavy atom. The SMILES string of the molecule is c1c#cc2ccccc2c#1. The molecule has 0 nitrogen and oxygen atoms in total. The Morgan fingerprint density at radius 2 is 1.30 bits per heavy atom. The second-order valence-electron chi connectivity index (χ2n) is 2.05. The minimum atomic E-state index is 1.04. The lowest BCUT2D eigenvalue weighted by molar-refractivity contribution is 1.79. The van der Waals surface area contributed by atoms with Crippen LogP contribution in [0, 0.1) is 24.3 Å². The number of rotatable bonds is 0. The largest absolute Gasteiger partial charge is 0.0609 e. The van der Waals surface area contributed by atoms with Gasteiger partial charge in [0.25, 0.3) is 0 Å². The summed E-state index contributed by atoms with van der Waals surface area (Å²) in [5.41, 5.74) is 0. The van der Waals surface area contributed by atoms with Gasteiger partial charge in [-0.1, -0.05) is 24.3 Å². The van der Waals surface area contributed by atoms with Gasteiger partial charge >= 0.3 is 0 Å². The van der Waals surface area contributed by atoms with E-state index in [1.54, 1.807) is 0 Å². The lowest BCUT2D eigenvalue weighted by atomic mass is 10.2. The van der Waals surface area contributed by atoms with E-state index in [1.165, 1.54) is 0 Å². The van der Waals surface area contributed by atoms with Crippen molar-refractivity contribution in [1.29, 1.82) is 0 Å². The summed E-state index contributed by atoms with van der Waals surface area (Å²) in [7, 11) is 0. The lowest BCUT2D eigenvalue weighted by Crippen LogP contribution is -1.63. The van der Waals surface area contributed by atoms with E-state index < -0.39 is 0 Å². The summed E-state index contributed by atoms with van der Waals surface area (Å²) in [5, 5.41) is 2.09. The molecule has 0 N–H and O–H groups in total. The normalized spacial score (nSPS) is 8.40. The Labute approximate surface area is 60.1 Å². The molecule has 0 atom stereocenters. The van der Waals surface area contributed by atoms with Crippen LogP contribution in [0.3, 0.4) is 0 Å². The summed E-state index contributed by atoms with van der Waals surface area (Å²) >= 11 is 0. The maximum atomic E-state index is 2.94. The Balaban J connectivity index is 2.89. The molecule has 0 aliphatic rings. The first-order valence-corrected chi connectivity index (χ1v) is 3.08. The molecular formula is C10H4. The fraction of sp³-hybridized carbons (Fsp3) is 0. The Kier molecular flexibility index (Phi) is 0.998. The van der Waals surface area contributed by atoms with Crippen LogP contribution in [0.1, 0.15) is 0 Å². The van der Waals surface area contributed by atoms with E-state index in [2.05, 4.69) is 24.3 Å². The van der Waals surface area contributed by atoms with Gasteiger partial charge in [0.2, 0.25) is 0 Å². The van der Waals surface area contributed by atoms with Gasteiger partial charge in [-0.25, -0.2) is 0 Å². The second kappa shape index (κ2) is 1.94. The van der Waals surface area contributed by atoms with E-state index >= 15 is 0 Å². The monoisotopic (exact) mass is 124 g/mol. The van der Waals surface area contributed by atoms with Gasteiger partial charge in [-0.05, 0) is 24.3 Å². The maximum absolute atomic E-state index is 2.94. The third kappa shape index (κ3) is 0.677. The molecule has 0 fully saturated rings. The van der Waals surface area contributed by atoms with Crippen LogP contribution in [0.2, 0.25) is 0 Å². The molecule has 0 aliphatic carbocycles. The summed E-state index contributed by atoms with van der Waals surface area (Å²) < 4.78 is 0. The van der Waals surface area contributed by atoms with Crippen molar-refractivity contribution in [2.45, 2.75) is 0 Å². The van der Waals surface area contributed by atoms with Crippen LogP contribution in [0.5, 0.6) is 0 Å². The molecule has 2 aromatic carbocycles. The van der Waals surface area contributed by atoms with Crippen LogP contribution in [0.15, 0.2) is 24.3 Å². The fourth-order valence-corrected chi connectivity index (χ4v) is 0.898. The van der Waals surface area contributed by atoms with Gasteiger partial charge in [0.05, 0.1) is 0 Å². The molecule has 0 amide bonds. The smallest absolute Gasteiger partial charge is 0.0412 e. The molecule has 2 aromatic rings. The topological polar surface area (TPSA) is 0 Å². The predicted octanol–water partition coefficient (Wildman–Crippen LogP) is 2.04. The van der Waals surface area contributed by atoms with Crippen LogP contribution >= 0.6 is 0 Å². The Bertz CT molecular complexity index is 271. The zero-order chi connectivity index (χ0) is 6.81. The highest BCUT2D eigenvalue weighted by Gasteiger charge is 1.83. The Hall–Kier alpha value is -1.66. The van der Waals surface area contributed by atoms with Gasteiger partial charge in [0, 0.05) is 10.8 Å². The van der Waals surface area contributed by atoms with E-state index in [-0.39, 0.29) is 0 Å². The Morgan fingerprint density at radius 3 is 1.80 bits per heavy atom. The van der Waals surface area contributed by atoms with Crippen LogP contribution < -0.4 is 0 Å². The molecule has 0 radical (unpaired) electrons. The van der Waals surface area contributed by atoms with Crippen LogP contribution in [0.25, 0.3) is 10.8 Å². The zero-order valence-electron chi connectivity index (χ0n) is 5.31. The van der Waals surface area contributed by atoms with Crippen molar-refractivity contribution in [3.05, 3.63) is 48.5 Å². The molecule has 0 heteroatoms. The van der Waals surface area contributed by atoms with E-state index in [0.29, 0.717) is 0 Å². The number of hydrogen-bond acceptors (Lipinski definition) is 0. The maximum Gasteiger partial charge on any atom is 0.0412 e. The zero-order valence-corrected chi connectivity index (χ0v) is 5.31. The molecular weight excluding hydrogens is 120 g/mol. The molecule has 44 valence electrons. The van der Waals surface area contributed by atoms with Gasteiger partial charge < -0.3 is 0 Å². The van der Waals surface area contributed by atoms with Gasteiger partial charge in [-0.3, -0.25) is 0 Å². The van der Waals surface area contributed by atoms with Crippen molar-refractivity contribution >= 4 is 10.8 Å². The van der Waals surface area contributed by atoms with Crippen molar-refractivity contribution in [1.82, 2.24) is 0 Å². The van der Waals surface area contributed by atoms with Crippen molar-refractivity contribution in [3.8, 4) is 0 Å². The molecule has 10 heavy (non-hydrogen) atoms. The molecule has 0 aliphatic heterocycles. The van der Waals surface area contributed by atoms with Crippen molar-refractivity contribution < 1.29 is 0 Å². The van der Waals surface area contributed by atoms with Crippen molar-refractivity contribution in [2.24, 2.45) is 0 Å². The van der Waals surface area contributed by atoms with Gasteiger partial charge in [0.15, 0.2) is 0 Å². The number of hydrogen-bond donors (Lipinski definition) is 0. The highest BCUT2D eigenvalue weighted by atomic mass is 13.8. The molecule has 0 spiro atoms. The molecule has 0 unspecified atom stereocenters. The number of fused-ring (bicyclic) bond motifs is 1. The summed E-state index contributed by atoms with van der Waals surface area (Å²) in [6, 6.07) is 19.2. The summed E-state index contributed by atoms with van der Waals surface area (Å²) in [5.74, 6) is 0. The van der Waals surface area contributed by atoms with Gasteiger partial charge in [0.1, 0.15) is 0 Å². The van der Waals surface area contributed by atoms with Crippen molar-refractivity contribution in [3.63, 3.8) is 0 Å². The highest BCUT2D eigenvalue weighted by Crippen LogP contribution is 2.05. The first-order valence-electron chi connectivity index (χ1n) is 3.08. The minimum absolute atomic E-state index is 1.04. The van der Waals surface area contributed by atoms with Crippen molar-refractivity contribution in [2.75, 3.05) is 0 Å². The quantitative estimate of drug-likeness (QED) is 0.504. The van der Waals surface area contributed by atoms with E-state index in [9.17, 15) is 0 Å². The second-order valence-corrected chi connectivity index (χ2v) is 2.05. The van der Waals surface area contributed by atoms with E-state index in [0.717, 1.165) is 10.8 Å². The summed E-state index contributed by atoms with van der Waals surface area (Å²) in [6.45, 7) is 0. The molecule has 0 saturated heterocycles. The third-order valence-electron chi connectivity index (χ3n) is 1.38.